The van der Waals surface area contributed by atoms with Gasteiger partial charge in [0.25, 0.3) is 0 Å². The first kappa shape index (κ1) is 16.9. The summed E-state index contributed by atoms with van der Waals surface area (Å²) in [5.74, 6) is -1.17. The van der Waals surface area contributed by atoms with Crippen molar-refractivity contribution in [1.82, 2.24) is 0 Å². The summed E-state index contributed by atoms with van der Waals surface area (Å²) in [4.78, 5) is 11.4. The van der Waals surface area contributed by atoms with Gasteiger partial charge in [-0.1, -0.05) is 6.07 Å². The molecule has 0 radical (unpaired) electrons. The molecule has 0 spiro atoms. The zero-order valence-electron chi connectivity index (χ0n) is 11.5. The Hall–Kier alpha value is -1.48. The van der Waals surface area contributed by atoms with Crippen LogP contribution in [-0.4, -0.2) is 21.5 Å². The van der Waals surface area contributed by atoms with Gasteiger partial charge >= 0.3 is 5.97 Å². The van der Waals surface area contributed by atoms with E-state index in [2.05, 4.69) is 4.74 Å². The minimum absolute atomic E-state index is 0.0975. The highest BCUT2D eigenvalue weighted by molar-refractivity contribution is 14.1. The molecule has 0 unspecified atom stereocenters. The lowest BCUT2D eigenvalue weighted by molar-refractivity contribution is 0.0600. The van der Waals surface area contributed by atoms with Gasteiger partial charge in [0.1, 0.15) is 5.82 Å². The second kappa shape index (κ2) is 6.74. The van der Waals surface area contributed by atoms with Gasteiger partial charge in [-0.3, -0.25) is 0 Å². The molecule has 2 aromatic rings. The molecule has 0 aliphatic heterocycles. The van der Waals surface area contributed by atoms with Gasteiger partial charge in [-0.2, -0.15) is 0 Å². The summed E-state index contributed by atoms with van der Waals surface area (Å²) in [6.07, 6.45) is 0. The van der Waals surface area contributed by atoms with Crippen molar-refractivity contribution in [1.29, 1.82) is 0 Å². The summed E-state index contributed by atoms with van der Waals surface area (Å²) in [5, 5.41) is 0. The average Bonchev–Trinajstić information content (AvgIpc) is 2.49. The molecular formula is C15H12FIO4S. The molecule has 0 saturated carbocycles. The van der Waals surface area contributed by atoms with Crippen LogP contribution in [-0.2, 0) is 20.3 Å². The predicted octanol–water partition coefficient (Wildman–Crippen LogP) is 3.19. The Morgan fingerprint density at radius 2 is 1.82 bits per heavy atom. The molecule has 0 heterocycles. The highest BCUT2D eigenvalue weighted by Gasteiger charge is 2.18. The number of rotatable bonds is 4. The number of hydrogen-bond donors (Lipinski definition) is 0. The normalized spacial score (nSPS) is 11.2. The van der Waals surface area contributed by atoms with Crippen molar-refractivity contribution in [2.24, 2.45) is 0 Å². The summed E-state index contributed by atoms with van der Waals surface area (Å²) in [6.45, 7) is 0. The van der Waals surface area contributed by atoms with Crippen LogP contribution in [0.15, 0.2) is 47.4 Å². The van der Waals surface area contributed by atoms with Crippen LogP contribution in [0.25, 0.3) is 0 Å². The number of halogens is 2. The van der Waals surface area contributed by atoms with E-state index >= 15 is 0 Å². The summed E-state index contributed by atoms with van der Waals surface area (Å²) < 4.78 is 42.9. The second-order valence-corrected chi connectivity index (χ2v) is 7.66. The fourth-order valence-corrected chi connectivity index (χ4v) is 4.15. The van der Waals surface area contributed by atoms with E-state index in [1.54, 1.807) is 0 Å². The summed E-state index contributed by atoms with van der Waals surface area (Å²) in [7, 11) is -2.32. The van der Waals surface area contributed by atoms with E-state index in [1.807, 2.05) is 22.6 Å². The molecule has 0 atom stereocenters. The highest BCUT2D eigenvalue weighted by atomic mass is 127. The molecule has 22 heavy (non-hydrogen) atoms. The van der Waals surface area contributed by atoms with Crippen LogP contribution in [0.2, 0.25) is 0 Å². The Morgan fingerprint density at radius 1 is 1.18 bits per heavy atom. The second-order valence-electron chi connectivity index (χ2n) is 4.51. The molecule has 0 fully saturated rings. The topological polar surface area (TPSA) is 60.4 Å². The van der Waals surface area contributed by atoms with E-state index in [0.29, 0.717) is 9.13 Å². The van der Waals surface area contributed by atoms with Crippen molar-refractivity contribution >= 4 is 38.4 Å². The Bertz CT molecular complexity index is 801. The average molecular weight is 434 g/mol. The van der Waals surface area contributed by atoms with Gasteiger partial charge in [-0.15, -0.1) is 0 Å². The standard InChI is InChI=1S/C15H12FIO4S/c1-21-15(18)10-3-6-13(7-4-10)22(19,20)9-11-2-5-12(16)8-14(11)17/h2-8H,9H2,1H3. The van der Waals surface area contributed by atoms with E-state index in [-0.39, 0.29) is 16.2 Å². The number of esters is 1. The van der Waals surface area contributed by atoms with Gasteiger partial charge in [0, 0.05) is 3.57 Å². The maximum absolute atomic E-state index is 13.1. The fraction of sp³-hybridized carbons (Fsp3) is 0.133. The molecule has 0 amide bonds. The third-order valence-electron chi connectivity index (χ3n) is 3.00. The van der Waals surface area contributed by atoms with Crippen LogP contribution in [0.3, 0.4) is 0 Å². The molecule has 4 nitrogen and oxygen atoms in total. The van der Waals surface area contributed by atoms with Gasteiger partial charge in [0.15, 0.2) is 9.84 Å². The molecule has 0 saturated heterocycles. The van der Waals surface area contributed by atoms with Crippen LogP contribution >= 0.6 is 22.6 Å². The van der Waals surface area contributed by atoms with Crippen molar-refractivity contribution in [2.75, 3.05) is 7.11 Å². The van der Waals surface area contributed by atoms with Crippen LogP contribution in [0.4, 0.5) is 4.39 Å². The molecule has 116 valence electrons. The fourth-order valence-electron chi connectivity index (χ4n) is 1.84. The van der Waals surface area contributed by atoms with E-state index in [0.717, 1.165) is 0 Å². The van der Waals surface area contributed by atoms with Crippen molar-refractivity contribution in [3.05, 3.63) is 63.0 Å². The maximum atomic E-state index is 13.1. The predicted molar refractivity (Wildman–Crippen MR) is 87.8 cm³/mol. The Labute approximate surface area is 141 Å². The van der Waals surface area contributed by atoms with Crippen LogP contribution in [0, 0.1) is 9.39 Å². The number of benzene rings is 2. The van der Waals surface area contributed by atoms with E-state index in [4.69, 9.17) is 0 Å². The number of sulfone groups is 1. The van der Waals surface area contributed by atoms with E-state index in [1.165, 1.54) is 49.6 Å². The molecule has 7 heteroatoms. The number of methoxy groups -OCH3 is 1. The quantitative estimate of drug-likeness (QED) is 0.548. The van der Waals surface area contributed by atoms with E-state index < -0.39 is 21.6 Å². The SMILES string of the molecule is COC(=O)c1ccc(S(=O)(=O)Cc2ccc(F)cc2I)cc1. The molecule has 0 bridgehead atoms. The summed E-state index contributed by atoms with van der Waals surface area (Å²) in [6, 6.07) is 9.48. The molecule has 0 aliphatic rings. The smallest absolute Gasteiger partial charge is 0.337 e. The molecule has 2 aromatic carbocycles. The van der Waals surface area contributed by atoms with Gasteiger partial charge in [0.2, 0.25) is 0 Å². The first-order valence-electron chi connectivity index (χ1n) is 6.18. The Balaban J connectivity index is 2.28. The Morgan fingerprint density at radius 3 is 2.36 bits per heavy atom. The zero-order valence-corrected chi connectivity index (χ0v) is 14.5. The molecule has 0 aliphatic carbocycles. The van der Waals surface area contributed by atoms with Gasteiger partial charge in [0.05, 0.1) is 23.3 Å². The van der Waals surface area contributed by atoms with Gasteiger partial charge in [-0.05, 0) is 64.6 Å². The van der Waals surface area contributed by atoms with Gasteiger partial charge in [-0.25, -0.2) is 17.6 Å². The summed E-state index contributed by atoms with van der Waals surface area (Å²) in [5.41, 5.74) is 0.803. The lowest BCUT2D eigenvalue weighted by Gasteiger charge is -2.07. The maximum Gasteiger partial charge on any atom is 0.337 e. The Kier molecular flexibility index (Phi) is 5.17. The molecule has 0 aromatic heterocycles. The molecule has 2 rings (SSSR count). The van der Waals surface area contributed by atoms with Crippen molar-refractivity contribution in [2.45, 2.75) is 10.6 Å². The number of ether oxygens (including phenoxy) is 1. The third kappa shape index (κ3) is 3.83. The van der Waals surface area contributed by atoms with Crippen molar-refractivity contribution in [3.63, 3.8) is 0 Å². The first-order chi connectivity index (χ1) is 10.3. The zero-order chi connectivity index (χ0) is 16.3. The largest absolute Gasteiger partial charge is 0.465 e. The molecular weight excluding hydrogens is 422 g/mol. The summed E-state index contributed by atoms with van der Waals surface area (Å²) >= 11 is 1.90. The number of carbonyl (C=O) groups is 1. The highest BCUT2D eigenvalue weighted by Crippen LogP contribution is 2.21. The van der Waals surface area contributed by atoms with Crippen molar-refractivity contribution in [3.8, 4) is 0 Å². The van der Waals surface area contributed by atoms with Crippen LogP contribution < -0.4 is 0 Å². The minimum atomic E-state index is -3.58. The lowest BCUT2D eigenvalue weighted by atomic mass is 10.2. The first-order valence-corrected chi connectivity index (χ1v) is 8.91. The van der Waals surface area contributed by atoms with E-state index in [9.17, 15) is 17.6 Å². The minimum Gasteiger partial charge on any atom is -0.465 e. The molecule has 0 N–H and O–H groups in total. The van der Waals surface area contributed by atoms with Crippen molar-refractivity contribution < 1.29 is 22.3 Å². The lowest BCUT2D eigenvalue weighted by Crippen LogP contribution is -2.07. The van der Waals surface area contributed by atoms with Crippen LogP contribution in [0.1, 0.15) is 15.9 Å². The third-order valence-corrected chi connectivity index (χ3v) is 5.68. The van der Waals surface area contributed by atoms with Crippen LogP contribution in [0.5, 0.6) is 0 Å². The number of hydrogen-bond acceptors (Lipinski definition) is 4. The number of carbonyl (C=O) groups excluding carboxylic acids is 1. The monoisotopic (exact) mass is 434 g/mol. The van der Waals surface area contributed by atoms with Gasteiger partial charge < -0.3 is 4.74 Å².